The molecule has 8 heteroatoms. The normalized spacial score (nSPS) is 11.7. The lowest BCUT2D eigenvalue weighted by molar-refractivity contribution is 0.505. The van der Waals surface area contributed by atoms with Gasteiger partial charge in [0.15, 0.2) is 21.5 Å². The summed E-state index contributed by atoms with van der Waals surface area (Å²) in [5, 5.41) is -0.746. The minimum Gasteiger partial charge on any atom is -0.256 e. The molecule has 0 N–H and O–H groups in total. The monoisotopic (exact) mass is 395 g/mol. The summed E-state index contributed by atoms with van der Waals surface area (Å²) in [6.07, 6.45) is 0. The number of nitrogens with zero attached hydrogens (tertiary/aromatic N) is 1. The van der Waals surface area contributed by atoms with Crippen molar-refractivity contribution in [2.24, 2.45) is 0 Å². The molecule has 0 amide bonds. The number of aryl methyl sites for hydroxylation is 1. The third-order valence-corrected chi connectivity index (χ3v) is 5.76. The van der Waals surface area contributed by atoms with Crippen molar-refractivity contribution in [3.8, 4) is 0 Å². The Morgan fingerprint density at radius 2 is 1.90 bits per heavy atom. The van der Waals surface area contributed by atoms with Gasteiger partial charge in [0.2, 0.25) is 0 Å². The standard InChI is InChI=1S/C13H9BrClF2NO2S/c1-7-9(14)3-2-8(18-7)6-21(19,20)11-5-4-10(16)13(17)12(11)15/h2-5H,6H2,1H3. The maximum atomic E-state index is 13.4. The van der Waals surface area contributed by atoms with Crippen LogP contribution in [0.5, 0.6) is 0 Å². The van der Waals surface area contributed by atoms with Gasteiger partial charge in [0.25, 0.3) is 0 Å². The van der Waals surface area contributed by atoms with Crippen molar-refractivity contribution >= 4 is 37.4 Å². The molecule has 0 bridgehead atoms. The molecule has 112 valence electrons. The number of halogens is 4. The largest absolute Gasteiger partial charge is 0.256 e. The molecule has 1 aromatic carbocycles. The van der Waals surface area contributed by atoms with Crippen molar-refractivity contribution in [3.05, 3.63) is 56.8 Å². The van der Waals surface area contributed by atoms with Crippen LogP contribution in [0.1, 0.15) is 11.4 Å². The second-order valence-electron chi connectivity index (χ2n) is 4.30. The molecule has 0 aliphatic rings. The van der Waals surface area contributed by atoms with Crippen LogP contribution in [-0.2, 0) is 15.6 Å². The summed E-state index contributed by atoms with van der Waals surface area (Å²) in [6, 6.07) is 4.87. The zero-order valence-corrected chi connectivity index (χ0v) is 13.9. The van der Waals surface area contributed by atoms with Crippen LogP contribution in [0.15, 0.2) is 33.6 Å². The van der Waals surface area contributed by atoms with E-state index in [1.54, 1.807) is 13.0 Å². The zero-order valence-electron chi connectivity index (χ0n) is 10.7. The first kappa shape index (κ1) is 16.3. The Kier molecular flexibility index (Phi) is 4.65. The van der Waals surface area contributed by atoms with Gasteiger partial charge in [-0.3, -0.25) is 4.98 Å². The molecule has 3 nitrogen and oxygen atoms in total. The summed E-state index contributed by atoms with van der Waals surface area (Å²) in [5.41, 5.74) is 0.913. The highest BCUT2D eigenvalue weighted by Crippen LogP contribution is 2.28. The third kappa shape index (κ3) is 3.41. The molecular formula is C13H9BrClF2NO2S. The van der Waals surface area contributed by atoms with Gasteiger partial charge >= 0.3 is 0 Å². The average molecular weight is 397 g/mol. The number of sulfone groups is 1. The van der Waals surface area contributed by atoms with Crippen LogP contribution in [-0.4, -0.2) is 13.4 Å². The Morgan fingerprint density at radius 3 is 2.52 bits per heavy atom. The Hall–Kier alpha value is -1.05. The first-order valence-electron chi connectivity index (χ1n) is 5.70. The zero-order chi connectivity index (χ0) is 15.8. The SMILES string of the molecule is Cc1nc(CS(=O)(=O)c2ccc(F)c(F)c2Cl)ccc1Br. The molecule has 0 atom stereocenters. The summed E-state index contributed by atoms with van der Waals surface area (Å²) in [6.45, 7) is 1.71. The minimum absolute atomic E-state index is 0.288. The third-order valence-electron chi connectivity index (χ3n) is 2.75. The smallest absolute Gasteiger partial charge is 0.185 e. The van der Waals surface area contributed by atoms with Crippen molar-refractivity contribution in [1.29, 1.82) is 0 Å². The summed E-state index contributed by atoms with van der Waals surface area (Å²) in [4.78, 5) is 3.66. The lowest BCUT2D eigenvalue weighted by atomic mass is 10.3. The first-order chi connectivity index (χ1) is 9.72. The van der Waals surface area contributed by atoms with Gasteiger partial charge in [-0.15, -0.1) is 0 Å². The predicted octanol–water partition coefficient (Wildman–Crippen LogP) is 4.06. The summed E-state index contributed by atoms with van der Waals surface area (Å²) >= 11 is 8.84. The van der Waals surface area contributed by atoms with Gasteiger partial charge in [-0.2, -0.15) is 0 Å². The van der Waals surface area contributed by atoms with Gasteiger partial charge in [-0.1, -0.05) is 11.6 Å². The van der Waals surface area contributed by atoms with Crippen LogP contribution in [0, 0.1) is 18.6 Å². The summed E-state index contributed by atoms with van der Waals surface area (Å²) < 4.78 is 51.6. The van der Waals surface area contributed by atoms with Gasteiger partial charge in [0.1, 0.15) is 0 Å². The van der Waals surface area contributed by atoms with Crippen LogP contribution in [0.2, 0.25) is 5.02 Å². The maximum Gasteiger partial charge on any atom is 0.185 e. The second kappa shape index (κ2) is 5.98. The number of benzene rings is 1. The van der Waals surface area contributed by atoms with E-state index in [9.17, 15) is 17.2 Å². The molecule has 0 aliphatic heterocycles. The van der Waals surface area contributed by atoms with Crippen molar-refractivity contribution in [3.63, 3.8) is 0 Å². The van der Waals surface area contributed by atoms with Gasteiger partial charge < -0.3 is 0 Å². The molecule has 1 aromatic heterocycles. The highest BCUT2D eigenvalue weighted by molar-refractivity contribution is 9.10. The number of pyridine rings is 1. The van der Waals surface area contributed by atoms with Crippen molar-refractivity contribution in [2.45, 2.75) is 17.6 Å². The fraction of sp³-hybridized carbons (Fsp3) is 0.154. The van der Waals surface area contributed by atoms with E-state index < -0.39 is 37.1 Å². The van der Waals surface area contributed by atoms with E-state index in [4.69, 9.17) is 11.6 Å². The Balaban J connectivity index is 2.43. The maximum absolute atomic E-state index is 13.4. The molecule has 0 radical (unpaired) electrons. The Morgan fingerprint density at radius 1 is 1.24 bits per heavy atom. The summed E-state index contributed by atoms with van der Waals surface area (Å²) in [5.74, 6) is -3.03. The second-order valence-corrected chi connectivity index (χ2v) is 7.49. The van der Waals surface area contributed by atoms with Gasteiger partial charge in [0.05, 0.1) is 27.1 Å². The highest BCUT2D eigenvalue weighted by atomic mass is 79.9. The van der Waals surface area contributed by atoms with Crippen LogP contribution in [0.3, 0.4) is 0 Å². The van der Waals surface area contributed by atoms with Gasteiger partial charge in [-0.05, 0) is 47.1 Å². The number of aromatic nitrogens is 1. The van der Waals surface area contributed by atoms with Crippen molar-refractivity contribution in [1.82, 2.24) is 4.98 Å². The molecular weight excluding hydrogens is 388 g/mol. The Labute approximate surface area is 134 Å². The fourth-order valence-corrected chi connectivity index (χ4v) is 3.77. The van der Waals surface area contributed by atoms with E-state index in [-0.39, 0.29) is 5.69 Å². The number of rotatable bonds is 3. The number of hydrogen-bond donors (Lipinski definition) is 0. The molecule has 0 saturated heterocycles. The topological polar surface area (TPSA) is 47.0 Å². The van der Waals surface area contributed by atoms with E-state index in [2.05, 4.69) is 20.9 Å². The molecule has 0 saturated carbocycles. The van der Waals surface area contributed by atoms with Gasteiger partial charge in [-0.25, -0.2) is 17.2 Å². The quantitative estimate of drug-likeness (QED) is 0.581. The summed E-state index contributed by atoms with van der Waals surface area (Å²) in [7, 11) is -3.93. The minimum atomic E-state index is -3.93. The highest BCUT2D eigenvalue weighted by Gasteiger charge is 2.23. The lowest BCUT2D eigenvalue weighted by Gasteiger charge is -2.08. The van der Waals surface area contributed by atoms with Crippen LogP contribution in [0.4, 0.5) is 8.78 Å². The molecule has 2 aromatic rings. The van der Waals surface area contributed by atoms with E-state index in [0.29, 0.717) is 5.69 Å². The van der Waals surface area contributed by atoms with E-state index >= 15 is 0 Å². The molecule has 0 aliphatic carbocycles. The van der Waals surface area contributed by atoms with Crippen molar-refractivity contribution in [2.75, 3.05) is 0 Å². The fourth-order valence-electron chi connectivity index (χ4n) is 1.70. The van der Waals surface area contributed by atoms with E-state index in [1.165, 1.54) is 6.07 Å². The van der Waals surface area contributed by atoms with Crippen LogP contribution < -0.4 is 0 Å². The molecule has 21 heavy (non-hydrogen) atoms. The Bertz CT molecular complexity index is 812. The van der Waals surface area contributed by atoms with E-state index in [1.807, 2.05) is 0 Å². The molecule has 2 rings (SSSR count). The molecule has 0 spiro atoms. The lowest BCUT2D eigenvalue weighted by Crippen LogP contribution is -2.09. The molecule has 0 fully saturated rings. The van der Waals surface area contributed by atoms with Crippen LogP contribution >= 0.6 is 27.5 Å². The average Bonchev–Trinajstić information content (AvgIpc) is 2.39. The number of hydrogen-bond acceptors (Lipinski definition) is 3. The molecule has 0 unspecified atom stereocenters. The van der Waals surface area contributed by atoms with Crippen LogP contribution in [0.25, 0.3) is 0 Å². The predicted molar refractivity (Wildman–Crippen MR) is 78.9 cm³/mol. The first-order valence-corrected chi connectivity index (χ1v) is 8.53. The molecule has 1 heterocycles. The van der Waals surface area contributed by atoms with Crippen molar-refractivity contribution < 1.29 is 17.2 Å². The van der Waals surface area contributed by atoms with E-state index in [0.717, 1.165) is 16.6 Å². The van der Waals surface area contributed by atoms with Gasteiger partial charge in [0, 0.05) is 4.47 Å².